The van der Waals surface area contributed by atoms with Crippen LogP contribution >= 0.6 is 0 Å². The van der Waals surface area contributed by atoms with Crippen LogP contribution in [0.2, 0.25) is 0 Å². The zero-order chi connectivity index (χ0) is 13.8. The SMILES string of the molecule is Cc1ccc2c(c1)NCC(COCc1ccccc1)O2. The molecule has 0 bridgehead atoms. The van der Waals surface area contributed by atoms with Gasteiger partial charge in [0.2, 0.25) is 0 Å². The van der Waals surface area contributed by atoms with Gasteiger partial charge in [0.05, 0.1) is 25.4 Å². The van der Waals surface area contributed by atoms with E-state index >= 15 is 0 Å². The Bertz CT molecular complexity index is 568. The van der Waals surface area contributed by atoms with Crippen LogP contribution in [0.4, 0.5) is 5.69 Å². The lowest BCUT2D eigenvalue weighted by Gasteiger charge is -2.27. The van der Waals surface area contributed by atoms with Gasteiger partial charge in [0.25, 0.3) is 0 Å². The van der Waals surface area contributed by atoms with Crippen LogP contribution in [-0.4, -0.2) is 19.3 Å². The van der Waals surface area contributed by atoms with E-state index in [0.717, 1.165) is 18.0 Å². The maximum atomic E-state index is 5.94. The highest BCUT2D eigenvalue weighted by Crippen LogP contribution is 2.29. The van der Waals surface area contributed by atoms with Gasteiger partial charge in [-0.05, 0) is 30.2 Å². The molecule has 2 aromatic rings. The van der Waals surface area contributed by atoms with Crippen LogP contribution in [0.25, 0.3) is 0 Å². The minimum atomic E-state index is 0.0638. The van der Waals surface area contributed by atoms with E-state index in [2.05, 4.69) is 36.5 Å². The number of nitrogens with one attached hydrogen (secondary N) is 1. The highest BCUT2D eigenvalue weighted by Gasteiger charge is 2.19. The summed E-state index contributed by atoms with van der Waals surface area (Å²) in [5, 5.41) is 3.40. The van der Waals surface area contributed by atoms with Crippen LogP contribution in [0, 0.1) is 6.92 Å². The normalized spacial score (nSPS) is 16.9. The standard InChI is InChI=1S/C17H19NO2/c1-13-7-8-17-16(9-13)18-10-15(20-17)12-19-11-14-5-3-2-4-6-14/h2-9,15,18H,10-12H2,1H3. The molecule has 1 aliphatic rings. The highest BCUT2D eigenvalue weighted by molar-refractivity contribution is 5.59. The molecule has 1 aliphatic heterocycles. The topological polar surface area (TPSA) is 30.5 Å². The lowest BCUT2D eigenvalue weighted by Crippen LogP contribution is -2.34. The molecule has 0 spiro atoms. The van der Waals surface area contributed by atoms with Crippen LogP contribution in [0.1, 0.15) is 11.1 Å². The number of aryl methyl sites for hydroxylation is 1. The van der Waals surface area contributed by atoms with Gasteiger partial charge in [-0.3, -0.25) is 0 Å². The maximum absolute atomic E-state index is 5.94. The molecular weight excluding hydrogens is 250 g/mol. The predicted molar refractivity (Wildman–Crippen MR) is 80.2 cm³/mol. The molecule has 1 N–H and O–H groups in total. The summed E-state index contributed by atoms with van der Waals surface area (Å²) in [5.74, 6) is 0.912. The fourth-order valence-electron chi connectivity index (χ4n) is 2.31. The number of hydrogen-bond donors (Lipinski definition) is 1. The van der Waals surface area contributed by atoms with E-state index in [1.165, 1.54) is 11.1 Å². The van der Waals surface area contributed by atoms with Crippen LogP contribution in [0.5, 0.6) is 5.75 Å². The molecule has 0 aromatic heterocycles. The molecule has 0 radical (unpaired) electrons. The van der Waals surface area contributed by atoms with E-state index in [0.29, 0.717) is 13.2 Å². The van der Waals surface area contributed by atoms with Crippen molar-refractivity contribution < 1.29 is 9.47 Å². The summed E-state index contributed by atoms with van der Waals surface area (Å²) in [6.07, 6.45) is 0.0638. The second-order valence-corrected chi connectivity index (χ2v) is 5.12. The first kappa shape index (κ1) is 13.0. The van der Waals surface area contributed by atoms with Gasteiger partial charge in [0.15, 0.2) is 0 Å². The van der Waals surface area contributed by atoms with E-state index in [4.69, 9.17) is 9.47 Å². The molecule has 3 nitrogen and oxygen atoms in total. The summed E-state index contributed by atoms with van der Waals surface area (Å²) in [4.78, 5) is 0. The zero-order valence-electron chi connectivity index (χ0n) is 11.6. The van der Waals surface area contributed by atoms with Crippen molar-refractivity contribution in [3.05, 3.63) is 59.7 Å². The molecule has 0 aliphatic carbocycles. The molecule has 104 valence electrons. The van der Waals surface area contributed by atoms with Crippen molar-refractivity contribution in [1.29, 1.82) is 0 Å². The summed E-state index contributed by atoms with van der Waals surface area (Å²) in [6.45, 7) is 4.08. The van der Waals surface area contributed by atoms with Gasteiger partial charge in [-0.15, -0.1) is 0 Å². The second kappa shape index (κ2) is 5.97. The molecule has 1 atom stereocenters. The van der Waals surface area contributed by atoms with Crippen LogP contribution in [0.3, 0.4) is 0 Å². The van der Waals surface area contributed by atoms with Crippen LogP contribution in [0.15, 0.2) is 48.5 Å². The second-order valence-electron chi connectivity index (χ2n) is 5.12. The molecule has 20 heavy (non-hydrogen) atoms. The van der Waals surface area contributed by atoms with Crippen molar-refractivity contribution in [2.24, 2.45) is 0 Å². The Kier molecular flexibility index (Phi) is 3.88. The predicted octanol–water partition coefficient (Wildman–Crippen LogP) is 3.38. The number of anilines is 1. The van der Waals surface area contributed by atoms with Crippen molar-refractivity contribution >= 4 is 5.69 Å². The summed E-state index contributed by atoms with van der Waals surface area (Å²) in [7, 11) is 0. The van der Waals surface area contributed by atoms with Crippen LogP contribution < -0.4 is 10.1 Å². The first-order chi connectivity index (χ1) is 9.81. The number of rotatable bonds is 4. The van der Waals surface area contributed by atoms with Gasteiger partial charge < -0.3 is 14.8 Å². The largest absolute Gasteiger partial charge is 0.484 e. The van der Waals surface area contributed by atoms with Gasteiger partial charge in [0, 0.05) is 0 Å². The number of benzene rings is 2. The number of hydrogen-bond acceptors (Lipinski definition) is 3. The number of fused-ring (bicyclic) bond motifs is 1. The minimum Gasteiger partial charge on any atom is -0.484 e. The monoisotopic (exact) mass is 269 g/mol. The summed E-state index contributed by atoms with van der Waals surface area (Å²) >= 11 is 0. The van der Waals surface area contributed by atoms with E-state index in [-0.39, 0.29) is 6.10 Å². The summed E-state index contributed by atoms with van der Waals surface area (Å²) < 4.78 is 11.7. The molecule has 3 rings (SSSR count). The Morgan fingerprint density at radius 2 is 2.05 bits per heavy atom. The van der Waals surface area contributed by atoms with Crippen molar-refractivity contribution in [3.63, 3.8) is 0 Å². The Labute approximate surface area is 119 Å². The van der Waals surface area contributed by atoms with Gasteiger partial charge in [0.1, 0.15) is 11.9 Å². The Balaban J connectivity index is 1.52. The molecule has 2 aromatic carbocycles. The van der Waals surface area contributed by atoms with Gasteiger partial charge in [-0.1, -0.05) is 36.4 Å². The third-order valence-corrected chi connectivity index (χ3v) is 3.36. The zero-order valence-corrected chi connectivity index (χ0v) is 11.6. The van der Waals surface area contributed by atoms with Crippen molar-refractivity contribution in [2.45, 2.75) is 19.6 Å². The van der Waals surface area contributed by atoms with Gasteiger partial charge in [-0.2, -0.15) is 0 Å². The smallest absolute Gasteiger partial charge is 0.143 e. The molecule has 1 unspecified atom stereocenters. The average Bonchev–Trinajstić information content (AvgIpc) is 2.48. The third kappa shape index (κ3) is 3.11. The summed E-state index contributed by atoms with van der Waals surface area (Å²) in [5.41, 5.74) is 3.50. The molecule has 0 saturated heterocycles. The Morgan fingerprint density at radius 1 is 1.20 bits per heavy atom. The van der Waals surface area contributed by atoms with E-state index in [1.807, 2.05) is 24.3 Å². The summed E-state index contributed by atoms with van der Waals surface area (Å²) in [6, 6.07) is 16.4. The highest BCUT2D eigenvalue weighted by atomic mass is 16.5. The molecule has 0 fully saturated rings. The van der Waals surface area contributed by atoms with E-state index < -0.39 is 0 Å². The Hall–Kier alpha value is -2.00. The quantitative estimate of drug-likeness (QED) is 0.923. The molecule has 1 heterocycles. The maximum Gasteiger partial charge on any atom is 0.143 e. The Morgan fingerprint density at radius 3 is 2.90 bits per heavy atom. The van der Waals surface area contributed by atoms with Gasteiger partial charge in [-0.25, -0.2) is 0 Å². The number of ether oxygens (including phenoxy) is 2. The molecule has 0 amide bonds. The molecular formula is C17H19NO2. The fourth-order valence-corrected chi connectivity index (χ4v) is 2.31. The lowest BCUT2D eigenvalue weighted by molar-refractivity contribution is 0.0441. The lowest BCUT2D eigenvalue weighted by atomic mass is 10.1. The van der Waals surface area contributed by atoms with Crippen molar-refractivity contribution in [1.82, 2.24) is 0 Å². The third-order valence-electron chi connectivity index (χ3n) is 3.36. The molecule has 0 saturated carbocycles. The van der Waals surface area contributed by atoms with E-state index in [9.17, 15) is 0 Å². The first-order valence-corrected chi connectivity index (χ1v) is 6.94. The minimum absolute atomic E-state index is 0.0638. The first-order valence-electron chi connectivity index (χ1n) is 6.94. The van der Waals surface area contributed by atoms with Crippen LogP contribution in [-0.2, 0) is 11.3 Å². The molecule has 3 heteroatoms. The van der Waals surface area contributed by atoms with Crippen molar-refractivity contribution in [3.8, 4) is 5.75 Å². The van der Waals surface area contributed by atoms with Gasteiger partial charge >= 0.3 is 0 Å². The average molecular weight is 269 g/mol. The van der Waals surface area contributed by atoms with E-state index in [1.54, 1.807) is 0 Å². The van der Waals surface area contributed by atoms with Crippen molar-refractivity contribution in [2.75, 3.05) is 18.5 Å². The fraction of sp³-hybridized carbons (Fsp3) is 0.294.